The van der Waals surface area contributed by atoms with Crippen molar-refractivity contribution in [2.24, 2.45) is 10.8 Å². The lowest BCUT2D eigenvalue weighted by Gasteiger charge is -2.47. The molecule has 0 amide bonds. The van der Waals surface area contributed by atoms with Crippen LogP contribution in [0.1, 0.15) is 87.7 Å². The summed E-state index contributed by atoms with van der Waals surface area (Å²) in [7, 11) is 0. The van der Waals surface area contributed by atoms with Gasteiger partial charge >= 0.3 is 0 Å². The molecule has 6 rings (SSSR count). The normalized spacial score (nSPS) is 23.7. The molecule has 2 aromatic heterocycles. The minimum absolute atomic E-state index is 0.212. The SMILES string of the molecule is [2H]C([2H])([2H])c1cnc(-c2cccc3c2oc2ccccc23)cc1C1([2H])CCC2(CCC(C)(C)CC2)CC1. The molecule has 0 aliphatic heterocycles. The third-order valence-electron chi connectivity index (χ3n) is 8.54. The molecule has 170 valence electrons. The predicted molar refractivity (Wildman–Crippen MR) is 138 cm³/mol. The van der Waals surface area contributed by atoms with Crippen LogP contribution in [0.15, 0.2) is 59.1 Å². The summed E-state index contributed by atoms with van der Waals surface area (Å²) in [6.45, 7) is 2.41. The minimum Gasteiger partial charge on any atom is -0.455 e. The highest BCUT2D eigenvalue weighted by Gasteiger charge is 2.41. The Hall–Kier alpha value is -2.61. The lowest BCUT2D eigenvalue weighted by atomic mass is 9.58. The summed E-state index contributed by atoms with van der Waals surface area (Å²) in [6.07, 6.45) is 9.76. The second-order valence-corrected chi connectivity index (χ2v) is 11.2. The first-order chi connectivity index (χ1) is 17.5. The van der Waals surface area contributed by atoms with Gasteiger partial charge in [0.05, 0.1) is 5.69 Å². The summed E-state index contributed by atoms with van der Waals surface area (Å²) in [6, 6.07) is 15.8. The van der Waals surface area contributed by atoms with Gasteiger partial charge in [-0.25, -0.2) is 0 Å². The lowest BCUT2D eigenvalue weighted by molar-refractivity contribution is 0.0584. The largest absolute Gasteiger partial charge is 0.455 e. The van der Waals surface area contributed by atoms with Gasteiger partial charge in [-0.15, -0.1) is 0 Å². The second-order valence-electron chi connectivity index (χ2n) is 11.2. The first-order valence-electron chi connectivity index (χ1n) is 14.4. The van der Waals surface area contributed by atoms with E-state index in [9.17, 15) is 1.37 Å². The number of furan rings is 1. The van der Waals surface area contributed by atoms with Gasteiger partial charge < -0.3 is 4.42 Å². The maximum atomic E-state index is 9.57. The van der Waals surface area contributed by atoms with Crippen LogP contribution in [0.4, 0.5) is 0 Å². The third kappa shape index (κ3) is 3.68. The van der Waals surface area contributed by atoms with Crippen molar-refractivity contribution >= 4 is 21.9 Å². The lowest BCUT2D eigenvalue weighted by Crippen LogP contribution is -2.34. The smallest absolute Gasteiger partial charge is 0.144 e. The number of rotatable bonds is 2. The van der Waals surface area contributed by atoms with E-state index in [2.05, 4.69) is 18.8 Å². The minimum atomic E-state index is -2.32. The summed E-state index contributed by atoms with van der Waals surface area (Å²) in [4.78, 5) is 4.62. The van der Waals surface area contributed by atoms with Crippen LogP contribution in [0.25, 0.3) is 33.2 Å². The summed E-state index contributed by atoms with van der Waals surface area (Å²) in [5, 5.41) is 2.06. The Balaban J connectivity index is 1.41. The second kappa shape index (κ2) is 7.72. The number of benzene rings is 2. The van der Waals surface area contributed by atoms with E-state index in [4.69, 9.17) is 8.53 Å². The van der Waals surface area contributed by atoms with Crippen molar-refractivity contribution < 1.29 is 9.90 Å². The molecule has 0 radical (unpaired) electrons. The van der Waals surface area contributed by atoms with E-state index in [0.717, 1.165) is 40.3 Å². The highest BCUT2D eigenvalue weighted by atomic mass is 16.3. The summed E-state index contributed by atoms with van der Waals surface area (Å²) in [5.41, 5.74) is 4.60. The van der Waals surface area contributed by atoms with Crippen molar-refractivity contribution in [3.63, 3.8) is 0 Å². The fraction of sp³-hybridized carbons (Fsp3) is 0.452. The Labute approximate surface area is 203 Å². The van der Waals surface area contributed by atoms with Gasteiger partial charge in [-0.2, -0.15) is 0 Å². The molecule has 2 aromatic carbocycles. The van der Waals surface area contributed by atoms with E-state index in [1.54, 1.807) is 0 Å². The standard InChI is InChI=1S/C31H35NO/c1-21-20-32-27(25-9-6-8-24-23-7-4-5-10-28(23)33-29(24)25)19-26(21)22-11-13-31(14-12-22)17-15-30(2,3)16-18-31/h4-10,19-20,22H,11-18H2,1-3H3/i1D3,22D. The van der Waals surface area contributed by atoms with Crippen LogP contribution in [0.5, 0.6) is 0 Å². The van der Waals surface area contributed by atoms with Crippen LogP contribution < -0.4 is 0 Å². The van der Waals surface area contributed by atoms with Gasteiger partial charge in [0.25, 0.3) is 0 Å². The van der Waals surface area contributed by atoms with E-state index >= 15 is 0 Å². The molecule has 1 spiro atoms. The number of para-hydroxylation sites is 2. The monoisotopic (exact) mass is 441 g/mol. The van der Waals surface area contributed by atoms with Crippen molar-refractivity contribution in [2.75, 3.05) is 0 Å². The molecule has 33 heavy (non-hydrogen) atoms. The molecule has 2 saturated carbocycles. The molecule has 2 aliphatic rings. The summed E-state index contributed by atoms with van der Waals surface area (Å²) < 4.78 is 40.5. The molecule has 0 atom stereocenters. The molecule has 0 bridgehead atoms. The fourth-order valence-corrected chi connectivity index (χ4v) is 6.15. The van der Waals surface area contributed by atoms with Crippen molar-refractivity contribution in [3.05, 3.63) is 65.9 Å². The zero-order chi connectivity index (χ0) is 26.1. The number of aryl methyl sites for hydroxylation is 1. The van der Waals surface area contributed by atoms with E-state index in [1.165, 1.54) is 31.9 Å². The van der Waals surface area contributed by atoms with Crippen LogP contribution >= 0.6 is 0 Å². The molecule has 2 heterocycles. The van der Waals surface area contributed by atoms with Crippen LogP contribution in [0, 0.1) is 17.7 Å². The zero-order valence-electron chi connectivity index (χ0n) is 23.7. The number of fused-ring (bicyclic) bond motifs is 3. The molecular formula is C31H35NO. The van der Waals surface area contributed by atoms with E-state index < -0.39 is 12.7 Å². The van der Waals surface area contributed by atoms with Crippen LogP contribution in [-0.2, 0) is 0 Å². The van der Waals surface area contributed by atoms with Gasteiger partial charge in [-0.3, -0.25) is 4.98 Å². The number of nitrogens with zero attached hydrogens (tertiary/aromatic N) is 1. The van der Waals surface area contributed by atoms with Crippen LogP contribution in [0.3, 0.4) is 0 Å². The maximum Gasteiger partial charge on any atom is 0.144 e. The molecular weight excluding hydrogens is 402 g/mol. The first-order valence-corrected chi connectivity index (χ1v) is 12.4. The van der Waals surface area contributed by atoms with E-state index in [0.29, 0.717) is 34.9 Å². The molecule has 2 fully saturated rings. The van der Waals surface area contributed by atoms with Crippen LogP contribution in [-0.4, -0.2) is 4.98 Å². The molecule has 2 heteroatoms. The quantitative estimate of drug-likeness (QED) is 0.310. The Morgan fingerprint density at radius 3 is 2.48 bits per heavy atom. The molecule has 4 aromatic rings. The number of pyridine rings is 1. The van der Waals surface area contributed by atoms with Crippen LogP contribution in [0.2, 0.25) is 0 Å². The maximum absolute atomic E-state index is 9.57. The summed E-state index contributed by atoms with van der Waals surface area (Å²) in [5.74, 6) is -0.929. The van der Waals surface area contributed by atoms with Gasteiger partial charge in [0, 0.05) is 28.0 Å². The Morgan fingerprint density at radius 2 is 1.70 bits per heavy atom. The Kier molecular flexibility index (Phi) is 3.96. The highest BCUT2D eigenvalue weighted by molar-refractivity contribution is 6.09. The fourth-order valence-electron chi connectivity index (χ4n) is 6.15. The average molecular weight is 442 g/mol. The number of aromatic nitrogens is 1. The van der Waals surface area contributed by atoms with Crippen molar-refractivity contribution in [1.82, 2.24) is 4.98 Å². The highest BCUT2D eigenvalue weighted by Crippen LogP contribution is 2.55. The van der Waals surface area contributed by atoms with Gasteiger partial charge in [-0.05, 0) is 104 Å². The molecule has 0 saturated heterocycles. The molecule has 2 aliphatic carbocycles. The Morgan fingerprint density at radius 1 is 0.939 bits per heavy atom. The predicted octanol–water partition coefficient (Wildman–Crippen LogP) is 9.20. The van der Waals surface area contributed by atoms with Crippen molar-refractivity contribution in [2.45, 2.75) is 78.0 Å². The third-order valence-corrected chi connectivity index (χ3v) is 8.54. The summed E-state index contributed by atoms with van der Waals surface area (Å²) >= 11 is 0. The van der Waals surface area contributed by atoms with Gasteiger partial charge in [0.2, 0.25) is 0 Å². The molecule has 2 nitrogen and oxygen atoms in total. The topological polar surface area (TPSA) is 26.0 Å². The van der Waals surface area contributed by atoms with Crippen molar-refractivity contribution in [1.29, 1.82) is 0 Å². The molecule has 0 unspecified atom stereocenters. The van der Waals surface area contributed by atoms with Gasteiger partial charge in [0.15, 0.2) is 0 Å². The van der Waals surface area contributed by atoms with Crippen molar-refractivity contribution in [3.8, 4) is 11.3 Å². The number of hydrogen-bond acceptors (Lipinski definition) is 2. The zero-order valence-corrected chi connectivity index (χ0v) is 19.7. The van der Waals surface area contributed by atoms with E-state index in [1.807, 2.05) is 48.5 Å². The first kappa shape index (κ1) is 16.9. The molecule has 0 N–H and O–H groups in total. The average Bonchev–Trinajstić information content (AvgIpc) is 3.26. The Bertz CT molecular complexity index is 1460. The number of hydrogen-bond donors (Lipinski definition) is 0. The van der Waals surface area contributed by atoms with E-state index in [-0.39, 0.29) is 5.56 Å². The van der Waals surface area contributed by atoms with Gasteiger partial charge in [0.1, 0.15) is 11.2 Å². The van der Waals surface area contributed by atoms with Gasteiger partial charge in [-0.1, -0.05) is 44.2 Å².